The van der Waals surface area contributed by atoms with Crippen molar-refractivity contribution in [3.63, 3.8) is 0 Å². The lowest BCUT2D eigenvalue weighted by molar-refractivity contribution is -0.724. The van der Waals surface area contributed by atoms with E-state index in [2.05, 4.69) is 64.8 Å². The van der Waals surface area contributed by atoms with E-state index < -0.39 is 0 Å². The minimum Gasteiger partial charge on any atom is -0.872 e. The molecule has 1 fully saturated rings. The van der Waals surface area contributed by atoms with Gasteiger partial charge in [0.05, 0.1) is 6.04 Å². The highest BCUT2D eigenvalue weighted by Gasteiger charge is 2.46. The van der Waals surface area contributed by atoms with Crippen LogP contribution >= 0.6 is 0 Å². The summed E-state index contributed by atoms with van der Waals surface area (Å²) in [5, 5.41) is 16.7. The lowest BCUT2D eigenvalue weighted by atomic mass is 9.86. The van der Waals surface area contributed by atoms with Gasteiger partial charge in [0.15, 0.2) is 5.69 Å². The number of rotatable bonds is 3. The van der Waals surface area contributed by atoms with Crippen LogP contribution in [0.15, 0.2) is 60.8 Å². The molecule has 4 nitrogen and oxygen atoms in total. The number of aromatic nitrogens is 2. The van der Waals surface area contributed by atoms with Gasteiger partial charge in [-0.05, 0) is 38.7 Å². The maximum absolute atomic E-state index is 12.8. The van der Waals surface area contributed by atoms with E-state index >= 15 is 0 Å². The van der Waals surface area contributed by atoms with Crippen molar-refractivity contribution in [3.05, 3.63) is 72.2 Å². The highest BCUT2D eigenvalue weighted by Crippen LogP contribution is 2.42. The topological polar surface area (TPSA) is 43.9 Å². The van der Waals surface area contributed by atoms with Gasteiger partial charge in [-0.2, -0.15) is 0 Å². The molecule has 2 aliphatic rings. The second-order valence-corrected chi connectivity index (χ2v) is 8.71. The molecule has 1 aliphatic heterocycles. The first-order valence-corrected chi connectivity index (χ1v) is 10.9. The predicted molar refractivity (Wildman–Crippen MR) is 113 cm³/mol. The Morgan fingerprint density at radius 1 is 1.00 bits per heavy atom. The number of hydrogen-bond acceptors (Lipinski definition) is 2. The molecule has 4 heteroatoms. The summed E-state index contributed by atoms with van der Waals surface area (Å²) in [6, 6.07) is 19.3. The van der Waals surface area contributed by atoms with E-state index in [1.54, 1.807) is 6.07 Å². The molecule has 29 heavy (non-hydrogen) atoms. The summed E-state index contributed by atoms with van der Waals surface area (Å²) >= 11 is 0. The van der Waals surface area contributed by atoms with Crippen molar-refractivity contribution >= 4 is 0 Å². The first-order chi connectivity index (χ1) is 14.1. The zero-order chi connectivity index (χ0) is 20.0. The number of nitrogens with zero attached hydrogens (tertiary/aromatic N) is 2. The summed E-state index contributed by atoms with van der Waals surface area (Å²) in [4.78, 5) is 0. The molecule has 1 aromatic heterocycles. The van der Waals surface area contributed by atoms with Gasteiger partial charge in [-0.1, -0.05) is 61.0 Å². The van der Waals surface area contributed by atoms with Crippen molar-refractivity contribution in [2.75, 3.05) is 0 Å². The molecule has 1 aliphatic carbocycles. The smallest absolute Gasteiger partial charge is 0.279 e. The molecule has 1 unspecified atom stereocenters. The minimum absolute atomic E-state index is 0.0806. The van der Waals surface area contributed by atoms with Crippen LogP contribution in [0.3, 0.4) is 0 Å². The SMILES string of the molecule is CC(C)[n+]1cc(-c2ccccc2)n2c1C(c1ccccc1[O-])N[C@@H]1CCCC[C@H]12. The Morgan fingerprint density at radius 3 is 2.48 bits per heavy atom. The maximum Gasteiger partial charge on any atom is 0.279 e. The lowest BCUT2D eigenvalue weighted by Gasteiger charge is -2.39. The molecule has 1 saturated carbocycles. The normalized spacial score (nSPS) is 23.6. The third-order valence-corrected chi connectivity index (χ3v) is 6.59. The van der Waals surface area contributed by atoms with Crippen molar-refractivity contribution in [3.8, 4) is 17.0 Å². The van der Waals surface area contributed by atoms with Gasteiger partial charge in [0.1, 0.15) is 18.3 Å². The number of imidazole rings is 1. The van der Waals surface area contributed by atoms with E-state index in [-0.39, 0.29) is 11.8 Å². The molecule has 1 N–H and O–H groups in total. The molecule has 0 saturated heterocycles. The summed E-state index contributed by atoms with van der Waals surface area (Å²) in [6.45, 7) is 4.45. The molecule has 3 aromatic rings. The van der Waals surface area contributed by atoms with Gasteiger partial charge in [0.25, 0.3) is 5.82 Å². The monoisotopic (exact) mass is 387 g/mol. The van der Waals surface area contributed by atoms with Gasteiger partial charge >= 0.3 is 0 Å². The van der Waals surface area contributed by atoms with E-state index in [1.807, 2.05) is 18.2 Å². The largest absolute Gasteiger partial charge is 0.872 e. The summed E-state index contributed by atoms with van der Waals surface area (Å²) < 4.78 is 4.93. The average molecular weight is 388 g/mol. The molecule has 0 bridgehead atoms. The quantitative estimate of drug-likeness (QED) is 0.682. The van der Waals surface area contributed by atoms with Gasteiger partial charge in [-0.3, -0.25) is 5.32 Å². The van der Waals surface area contributed by atoms with E-state index in [4.69, 9.17) is 0 Å². The fourth-order valence-corrected chi connectivity index (χ4v) is 5.23. The number of hydrogen-bond donors (Lipinski definition) is 1. The fraction of sp³-hybridized carbons (Fsp3) is 0.400. The van der Waals surface area contributed by atoms with Gasteiger partial charge < -0.3 is 5.11 Å². The number of nitrogens with one attached hydrogen (secondary N) is 1. The van der Waals surface area contributed by atoms with Crippen LogP contribution in [0, 0.1) is 0 Å². The van der Waals surface area contributed by atoms with E-state index in [0.29, 0.717) is 18.1 Å². The minimum atomic E-state index is -0.0806. The Morgan fingerprint density at radius 2 is 1.72 bits per heavy atom. The van der Waals surface area contributed by atoms with Crippen LogP contribution in [0.5, 0.6) is 5.75 Å². The Balaban J connectivity index is 1.77. The highest BCUT2D eigenvalue weighted by atomic mass is 16.3. The zero-order valence-electron chi connectivity index (χ0n) is 17.2. The summed E-state index contributed by atoms with van der Waals surface area (Å²) in [5.41, 5.74) is 3.36. The van der Waals surface area contributed by atoms with Crippen LogP contribution in [0.4, 0.5) is 0 Å². The van der Waals surface area contributed by atoms with Crippen LogP contribution in [-0.2, 0) is 0 Å². The van der Waals surface area contributed by atoms with Crippen LogP contribution in [0.25, 0.3) is 11.3 Å². The molecule has 0 radical (unpaired) electrons. The molecule has 5 rings (SSSR count). The molecule has 2 aromatic carbocycles. The second kappa shape index (κ2) is 7.34. The second-order valence-electron chi connectivity index (χ2n) is 8.71. The fourth-order valence-electron chi connectivity index (χ4n) is 5.23. The van der Waals surface area contributed by atoms with Crippen molar-refractivity contribution in [1.29, 1.82) is 0 Å². The predicted octanol–water partition coefficient (Wildman–Crippen LogP) is 4.27. The number of benzene rings is 2. The van der Waals surface area contributed by atoms with Gasteiger partial charge in [0, 0.05) is 11.6 Å². The Kier molecular flexibility index (Phi) is 4.67. The molecular formula is C25H29N3O. The molecule has 2 heterocycles. The lowest BCUT2D eigenvalue weighted by Crippen LogP contribution is -2.53. The van der Waals surface area contributed by atoms with Crippen molar-refractivity contribution in [2.24, 2.45) is 0 Å². The molecule has 0 spiro atoms. The van der Waals surface area contributed by atoms with Gasteiger partial charge in [-0.15, -0.1) is 5.75 Å². The summed E-state index contributed by atoms with van der Waals surface area (Å²) in [7, 11) is 0. The van der Waals surface area contributed by atoms with Crippen LogP contribution in [0.2, 0.25) is 0 Å². The van der Waals surface area contributed by atoms with Gasteiger partial charge in [-0.25, -0.2) is 9.13 Å². The standard InChI is InChI=1S/C25H29N3O/c1-17(2)27-16-22(18-10-4-3-5-11-18)28-21-14-8-7-13-20(21)26-24(25(27)28)19-12-6-9-15-23(19)29/h3-6,9-12,15-17,20-21,24,26H,7-8,13-14H2,1-2H3/t20-,21-,24?/m1/s1. The third kappa shape index (κ3) is 3.06. The molecule has 150 valence electrons. The van der Waals surface area contributed by atoms with Crippen LogP contribution < -0.4 is 15.0 Å². The van der Waals surface area contributed by atoms with E-state index in [1.165, 1.54) is 36.3 Å². The molecule has 0 amide bonds. The third-order valence-electron chi connectivity index (χ3n) is 6.59. The van der Waals surface area contributed by atoms with Crippen LogP contribution in [0.1, 0.15) is 69.0 Å². The molecule has 3 atom stereocenters. The zero-order valence-corrected chi connectivity index (χ0v) is 17.2. The first-order valence-electron chi connectivity index (χ1n) is 10.9. The van der Waals surface area contributed by atoms with E-state index in [9.17, 15) is 5.11 Å². The average Bonchev–Trinajstić information content (AvgIpc) is 3.16. The summed E-state index contributed by atoms with van der Waals surface area (Å²) in [5.74, 6) is 1.33. The Labute approximate surface area is 172 Å². The van der Waals surface area contributed by atoms with Crippen molar-refractivity contribution in [1.82, 2.24) is 9.88 Å². The maximum atomic E-state index is 12.8. The summed E-state index contributed by atoms with van der Waals surface area (Å²) in [6.07, 6.45) is 7.16. The Hall–Kier alpha value is -2.59. The molecular weight excluding hydrogens is 358 g/mol. The van der Waals surface area contributed by atoms with Crippen LogP contribution in [-0.4, -0.2) is 10.6 Å². The van der Waals surface area contributed by atoms with Crippen molar-refractivity contribution in [2.45, 2.75) is 63.7 Å². The first kappa shape index (κ1) is 18.4. The van der Waals surface area contributed by atoms with Gasteiger partial charge in [0.2, 0.25) is 0 Å². The Bertz CT molecular complexity index is 1010. The number of fused-ring (bicyclic) bond motifs is 3. The number of para-hydroxylation sites is 1. The van der Waals surface area contributed by atoms with E-state index in [0.717, 1.165) is 12.0 Å². The van der Waals surface area contributed by atoms with Crippen molar-refractivity contribution < 1.29 is 9.67 Å². The highest BCUT2D eigenvalue weighted by molar-refractivity contribution is 5.59.